The van der Waals surface area contributed by atoms with Crippen LogP contribution < -0.4 is 5.32 Å². The van der Waals surface area contributed by atoms with Crippen molar-refractivity contribution in [1.82, 2.24) is 5.32 Å². The first-order valence-corrected chi connectivity index (χ1v) is 5.45. The fourth-order valence-electron chi connectivity index (χ4n) is 0.424. The summed E-state index contributed by atoms with van der Waals surface area (Å²) in [5, 5.41) is 17.9. The lowest BCUT2D eigenvalue weighted by Crippen LogP contribution is -2.24. The number of ether oxygens (including phenoxy) is 1. The Morgan fingerprint density at radius 2 is 1.70 bits per heavy atom. The van der Waals surface area contributed by atoms with Gasteiger partial charge in [-0.15, -0.1) is 0 Å². The summed E-state index contributed by atoms with van der Waals surface area (Å²) >= 11 is 0. The summed E-state index contributed by atoms with van der Waals surface area (Å²) in [7, 11) is 0. The number of esters is 1. The number of carbonyl (C=O) groups is 3. The number of nitrogens with one attached hydrogen (secondary N) is 1. The van der Waals surface area contributed by atoms with Crippen LogP contribution in [0.4, 0.5) is 0 Å². The molecular formula is C13H21NO6. The molecule has 0 fully saturated rings. The maximum absolute atomic E-state index is 10.4. The molecule has 0 saturated carbocycles. The molecule has 0 aromatic carbocycles. The first-order chi connectivity index (χ1) is 9.26. The zero-order valence-electron chi connectivity index (χ0n) is 11.7. The molecular weight excluding hydrogens is 266 g/mol. The molecule has 0 aliphatic carbocycles. The topological polar surface area (TPSA) is 113 Å². The van der Waals surface area contributed by atoms with Crippen LogP contribution in [0.15, 0.2) is 37.5 Å². The lowest BCUT2D eigenvalue weighted by molar-refractivity contribution is -0.137. The lowest BCUT2D eigenvalue weighted by atomic mass is 10.3. The molecule has 1 amide bonds. The Morgan fingerprint density at radius 1 is 1.25 bits per heavy atom. The van der Waals surface area contributed by atoms with Crippen molar-refractivity contribution in [2.24, 2.45) is 0 Å². The first kappa shape index (κ1) is 22.7. The zero-order valence-corrected chi connectivity index (χ0v) is 11.7. The summed E-state index contributed by atoms with van der Waals surface area (Å²) in [4.78, 5) is 29.7. The molecule has 0 unspecified atom stereocenters. The summed E-state index contributed by atoms with van der Waals surface area (Å²) in [6.45, 7) is 12.9. The molecule has 3 N–H and O–H groups in total. The minimum Gasteiger partial charge on any atom is -0.478 e. The van der Waals surface area contributed by atoms with Gasteiger partial charge in [0.05, 0.1) is 6.61 Å². The van der Waals surface area contributed by atoms with Gasteiger partial charge < -0.3 is 20.3 Å². The Hall–Kier alpha value is -2.41. The summed E-state index contributed by atoms with van der Waals surface area (Å²) < 4.78 is 4.43. The number of carbonyl (C=O) groups excluding carboxylic acids is 2. The van der Waals surface area contributed by atoms with E-state index in [1.165, 1.54) is 0 Å². The Bertz CT molecular complexity index is 349. The van der Waals surface area contributed by atoms with Crippen molar-refractivity contribution in [1.29, 1.82) is 0 Å². The molecule has 0 aromatic rings. The molecule has 7 heteroatoms. The third kappa shape index (κ3) is 24.7. The van der Waals surface area contributed by atoms with E-state index in [-0.39, 0.29) is 18.6 Å². The van der Waals surface area contributed by atoms with Gasteiger partial charge in [0.25, 0.3) is 0 Å². The number of aliphatic carboxylic acids is 1. The van der Waals surface area contributed by atoms with E-state index in [2.05, 4.69) is 29.8 Å². The SMILES string of the molecule is C=C(C)C(=O)NCO.C=CC(=O)O.C=CC(=O)OCC. The fraction of sp³-hybridized carbons (Fsp3) is 0.308. The molecule has 0 aromatic heterocycles. The largest absolute Gasteiger partial charge is 0.478 e. The molecule has 114 valence electrons. The molecule has 0 heterocycles. The van der Waals surface area contributed by atoms with Gasteiger partial charge in [0.1, 0.15) is 6.73 Å². The van der Waals surface area contributed by atoms with Crippen molar-refractivity contribution in [3.63, 3.8) is 0 Å². The Kier molecular flexibility index (Phi) is 18.9. The van der Waals surface area contributed by atoms with Gasteiger partial charge >= 0.3 is 11.9 Å². The van der Waals surface area contributed by atoms with E-state index in [0.717, 1.165) is 12.2 Å². The van der Waals surface area contributed by atoms with Crippen molar-refractivity contribution in [3.8, 4) is 0 Å². The molecule has 7 nitrogen and oxygen atoms in total. The lowest BCUT2D eigenvalue weighted by Gasteiger charge is -1.96. The highest BCUT2D eigenvalue weighted by Crippen LogP contribution is 1.82. The molecule has 0 radical (unpaired) electrons. The van der Waals surface area contributed by atoms with E-state index < -0.39 is 5.97 Å². The van der Waals surface area contributed by atoms with Gasteiger partial charge in [0.2, 0.25) is 5.91 Å². The third-order valence-corrected chi connectivity index (χ3v) is 1.26. The maximum Gasteiger partial charge on any atom is 0.330 e. The van der Waals surface area contributed by atoms with Crippen LogP contribution in [0.2, 0.25) is 0 Å². The second-order valence-electron chi connectivity index (χ2n) is 2.94. The average Bonchev–Trinajstić information content (AvgIpc) is 2.40. The molecule has 0 aliphatic rings. The van der Waals surface area contributed by atoms with Crippen molar-refractivity contribution in [3.05, 3.63) is 37.5 Å². The minimum atomic E-state index is -0.981. The van der Waals surface area contributed by atoms with Crippen LogP contribution in [-0.4, -0.2) is 41.4 Å². The number of carboxylic acids is 1. The number of hydrogen-bond acceptors (Lipinski definition) is 5. The van der Waals surface area contributed by atoms with Gasteiger partial charge in [-0.05, 0) is 13.8 Å². The summed E-state index contributed by atoms with van der Waals surface area (Å²) in [5.74, 6) is -1.65. The zero-order chi connectivity index (χ0) is 16.6. The molecule has 0 bridgehead atoms. The van der Waals surface area contributed by atoms with Crippen LogP contribution in [0.3, 0.4) is 0 Å². The van der Waals surface area contributed by atoms with Crippen LogP contribution in [0.1, 0.15) is 13.8 Å². The number of aliphatic hydroxyl groups is 1. The second kappa shape index (κ2) is 16.6. The predicted molar refractivity (Wildman–Crippen MR) is 74.7 cm³/mol. The van der Waals surface area contributed by atoms with Crippen LogP contribution >= 0.6 is 0 Å². The Balaban J connectivity index is -0.000000223. The van der Waals surface area contributed by atoms with Crippen molar-refractivity contribution >= 4 is 17.8 Å². The van der Waals surface area contributed by atoms with Crippen LogP contribution in [0.25, 0.3) is 0 Å². The first-order valence-electron chi connectivity index (χ1n) is 5.45. The van der Waals surface area contributed by atoms with Gasteiger partial charge in [-0.25, -0.2) is 9.59 Å². The normalized spacial score (nSPS) is 7.55. The van der Waals surface area contributed by atoms with Crippen molar-refractivity contribution in [2.75, 3.05) is 13.3 Å². The second-order valence-corrected chi connectivity index (χ2v) is 2.94. The standard InChI is InChI=1S/C5H9NO2.C5H8O2.C3H4O2/c1-4(2)5(8)6-3-7;1-3-5(6)7-4-2;1-2-3(4)5/h7H,1,3H2,2H3,(H,6,8);3H,1,4H2,2H3;2H,1H2,(H,4,5). The van der Waals surface area contributed by atoms with Gasteiger partial charge in [0, 0.05) is 17.7 Å². The van der Waals surface area contributed by atoms with Crippen LogP contribution in [0.5, 0.6) is 0 Å². The molecule has 0 atom stereocenters. The number of aliphatic hydroxyl groups excluding tert-OH is 1. The molecule has 0 saturated heterocycles. The van der Waals surface area contributed by atoms with Crippen molar-refractivity contribution < 1.29 is 29.3 Å². The van der Waals surface area contributed by atoms with Gasteiger partial charge in [-0.1, -0.05) is 19.7 Å². The highest BCUT2D eigenvalue weighted by atomic mass is 16.5. The summed E-state index contributed by atoms with van der Waals surface area (Å²) in [6, 6.07) is 0. The minimum absolute atomic E-state index is 0.312. The van der Waals surface area contributed by atoms with Gasteiger partial charge in [-0.2, -0.15) is 0 Å². The monoisotopic (exact) mass is 287 g/mol. The highest BCUT2D eigenvalue weighted by Gasteiger charge is 1.95. The Labute approximate surface area is 118 Å². The smallest absolute Gasteiger partial charge is 0.330 e. The highest BCUT2D eigenvalue weighted by molar-refractivity contribution is 5.91. The van der Waals surface area contributed by atoms with Gasteiger partial charge in [-0.3, -0.25) is 4.79 Å². The van der Waals surface area contributed by atoms with E-state index in [4.69, 9.17) is 10.2 Å². The van der Waals surface area contributed by atoms with Crippen molar-refractivity contribution in [2.45, 2.75) is 13.8 Å². The molecule has 0 aliphatic heterocycles. The van der Waals surface area contributed by atoms with Gasteiger partial charge in [0.15, 0.2) is 0 Å². The van der Waals surface area contributed by atoms with Crippen LogP contribution in [-0.2, 0) is 19.1 Å². The molecule has 20 heavy (non-hydrogen) atoms. The van der Waals surface area contributed by atoms with E-state index in [9.17, 15) is 14.4 Å². The predicted octanol–water partition coefficient (Wildman–Crippen LogP) is 0.621. The summed E-state index contributed by atoms with van der Waals surface area (Å²) in [6.07, 6.45) is 1.98. The third-order valence-electron chi connectivity index (χ3n) is 1.26. The van der Waals surface area contributed by atoms with E-state index >= 15 is 0 Å². The van der Waals surface area contributed by atoms with E-state index in [1.807, 2.05) is 0 Å². The number of hydrogen-bond donors (Lipinski definition) is 3. The van der Waals surface area contributed by atoms with E-state index in [1.54, 1.807) is 13.8 Å². The number of carboxylic acid groups (broad SMARTS) is 1. The summed E-state index contributed by atoms with van der Waals surface area (Å²) in [5.41, 5.74) is 0.402. The van der Waals surface area contributed by atoms with E-state index in [0.29, 0.717) is 12.2 Å². The number of rotatable bonds is 5. The maximum atomic E-state index is 10.4. The number of amides is 1. The Morgan fingerprint density at radius 3 is 1.80 bits per heavy atom. The fourth-order valence-corrected chi connectivity index (χ4v) is 0.424. The quantitative estimate of drug-likeness (QED) is 0.388. The average molecular weight is 287 g/mol. The van der Waals surface area contributed by atoms with Crippen LogP contribution in [0, 0.1) is 0 Å². The molecule has 0 rings (SSSR count). The molecule has 0 spiro atoms.